The lowest BCUT2D eigenvalue weighted by Crippen LogP contribution is -2.37. The van der Waals surface area contributed by atoms with Crippen LogP contribution in [0, 0.1) is 41.5 Å². The van der Waals surface area contributed by atoms with Gasteiger partial charge < -0.3 is 45.6 Å². The van der Waals surface area contributed by atoms with Crippen molar-refractivity contribution in [2.24, 2.45) is 0 Å². The summed E-state index contributed by atoms with van der Waals surface area (Å²) in [6, 6.07) is 15.8. The number of anilines is 2. The van der Waals surface area contributed by atoms with Crippen LogP contribution in [0.4, 0.5) is 11.4 Å². The first-order valence-electron chi connectivity index (χ1n) is 30.0. The standard InChI is InChI=1S/C29H50O2.C12H15NO.C12H17NO.C6H6O.C5H5NO.C4H4N2O/c1-6-7-8-9-10-11-12-13-14-15-16-17-18-19-21-29(5)22-20-26-25(4)27(30)23(2)24(3)28(26)31-29;14-11-7-9-3-1-5-13-6-2-4-10(8-11)12(9)13;1-7-8(2)12(14)9(3)10-5-4-6-13-11(7)10;7-6-4-2-1-3-5-6;7-5-2-1-3-6-4-5;7-4-1-5-3-6-2-4/h30H,6-22H2,1-5H3;7-8,14H,1-6H2;13-14H,4-6H2,1-3H3;1-5,7H;1-4,7H;1-3,7H. The average molecular weight is 1100 g/mol. The largest absolute Gasteiger partial charge is 0.508 e. The van der Waals surface area contributed by atoms with Crippen molar-refractivity contribution >= 4 is 11.4 Å². The zero-order chi connectivity index (χ0) is 57.9. The van der Waals surface area contributed by atoms with E-state index in [4.69, 9.17) is 20.1 Å². The van der Waals surface area contributed by atoms with Crippen molar-refractivity contribution in [1.29, 1.82) is 0 Å². The topological polar surface area (TPSA) is 185 Å². The Labute approximate surface area is 479 Å². The van der Waals surface area contributed by atoms with E-state index in [-0.39, 0.29) is 17.1 Å². The highest BCUT2D eigenvalue weighted by Crippen LogP contribution is 2.45. The molecule has 6 aromatic rings. The molecule has 12 nitrogen and oxygen atoms in total. The van der Waals surface area contributed by atoms with E-state index in [1.54, 1.807) is 42.6 Å². The molecule has 0 fully saturated rings. The third kappa shape index (κ3) is 20.1. The number of rotatable bonds is 15. The van der Waals surface area contributed by atoms with Gasteiger partial charge in [-0.3, -0.25) is 4.98 Å². The summed E-state index contributed by atoms with van der Waals surface area (Å²) in [6.07, 6.45) is 36.8. The molecule has 0 aliphatic carbocycles. The summed E-state index contributed by atoms with van der Waals surface area (Å²) in [4.78, 5) is 13.2. The summed E-state index contributed by atoms with van der Waals surface area (Å²) in [5.41, 5.74) is 14.2. The number of hydrogen-bond acceptors (Lipinski definition) is 12. The number of hydrogen-bond donors (Lipinski definition) is 7. The molecule has 2 aromatic heterocycles. The van der Waals surface area contributed by atoms with Crippen LogP contribution in [0.2, 0.25) is 0 Å². The molecule has 80 heavy (non-hydrogen) atoms. The van der Waals surface area contributed by atoms with E-state index in [2.05, 4.69) is 52.9 Å². The van der Waals surface area contributed by atoms with Crippen molar-refractivity contribution in [2.75, 3.05) is 29.9 Å². The highest BCUT2D eigenvalue weighted by Gasteiger charge is 2.34. The number of phenols is 4. The number of nitrogens with one attached hydrogen (secondary N) is 1. The van der Waals surface area contributed by atoms with Crippen molar-refractivity contribution in [3.63, 3.8) is 0 Å². The molecule has 0 radical (unpaired) electrons. The molecule has 0 amide bonds. The molecule has 1 unspecified atom stereocenters. The van der Waals surface area contributed by atoms with Gasteiger partial charge in [0.05, 0.1) is 18.6 Å². The van der Waals surface area contributed by atoms with Gasteiger partial charge in [0.15, 0.2) is 5.75 Å². The normalized spacial score (nSPS) is 15.2. The molecule has 10 rings (SSSR count). The van der Waals surface area contributed by atoms with Crippen LogP contribution in [0.15, 0.2) is 85.7 Å². The van der Waals surface area contributed by atoms with Crippen LogP contribution in [0.3, 0.4) is 0 Å². The Balaban J connectivity index is 0.000000197. The van der Waals surface area contributed by atoms with E-state index in [1.165, 1.54) is 180 Å². The first kappa shape index (κ1) is 64.1. The van der Waals surface area contributed by atoms with Crippen molar-refractivity contribution in [3.8, 4) is 40.2 Å². The van der Waals surface area contributed by atoms with Gasteiger partial charge in [-0.15, -0.1) is 0 Å². The van der Waals surface area contributed by atoms with Crippen molar-refractivity contribution < 1.29 is 35.4 Å². The second-order valence-corrected chi connectivity index (χ2v) is 22.5. The SMILES string of the molecule is CCCCCCCCCCCCCCCCC1(C)CCc2c(C)c(O)c(C)c(C)c2O1.Cc1c(C)c2c(c(C)c1O)CCCN2.Oc1cc2c3c(c1)CCCN3CCC2.Oc1ccccc1.Oc1cccnc1.Oc1cncnc1. The number of fused-ring (bicyclic) bond motifs is 2. The zero-order valence-electron chi connectivity index (χ0n) is 49.8. The van der Waals surface area contributed by atoms with E-state index >= 15 is 0 Å². The Bertz CT molecular complexity index is 2600. The van der Waals surface area contributed by atoms with E-state index in [0.29, 0.717) is 23.0 Å². The predicted octanol–water partition coefficient (Wildman–Crippen LogP) is 16.4. The number of ether oxygens (including phenoxy) is 1. The second-order valence-electron chi connectivity index (χ2n) is 22.5. The van der Waals surface area contributed by atoms with Crippen LogP contribution < -0.4 is 15.0 Å². The minimum Gasteiger partial charge on any atom is -0.508 e. The first-order chi connectivity index (χ1) is 38.5. The maximum Gasteiger partial charge on any atom is 0.152 e. The quantitative estimate of drug-likeness (QED) is 0.0382. The van der Waals surface area contributed by atoms with Crippen molar-refractivity contribution in [2.45, 2.75) is 209 Å². The maximum atomic E-state index is 10.4. The molecular formula is C68H97N5O7. The monoisotopic (exact) mass is 1100 g/mol. The maximum absolute atomic E-state index is 10.4. The van der Waals surface area contributed by atoms with E-state index in [1.807, 2.05) is 45.9 Å². The van der Waals surface area contributed by atoms with Gasteiger partial charge in [0.1, 0.15) is 46.4 Å². The van der Waals surface area contributed by atoms with Gasteiger partial charge in [-0.1, -0.05) is 109 Å². The fourth-order valence-corrected chi connectivity index (χ4v) is 11.3. The van der Waals surface area contributed by atoms with Crippen LogP contribution in [-0.4, -0.2) is 70.8 Å². The third-order valence-electron chi connectivity index (χ3n) is 16.2. The molecule has 4 aliphatic rings. The van der Waals surface area contributed by atoms with E-state index < -0.39 is 0 Å². The molecule has 436 valence electrons. The van der Waals surface area contributed by atoms with Crippen molar-refractivity contribution in [3.05, 3.63) is 141 Å². The Morgan fingerprint density at radius 1 is 0.525 bits per heavy atom. The lowest BCUT2D eigenvalue weighted by molar-refractivity contribution is 0.0521. The summed E-state index contributed by atoms with van der Waals surface area (Å²) in [7, 11) is 0. The van der Waals surface area contributed by atoms with Gasteiger partial charge in [0.2, 0.25) is 0 Å². The summed E-state index contributed by atoms with van der Waals surface area (Å²) in [5.74, 6) is 3.06. The van der Waals surface area contributed by atoms with Crippen LogP contribution in [-0.2, 0) is 25.7 Å². The molecule has 0 bridgehead atoms. The highest BCUT2D eigenvalue weighted by molar-refractivity contribution is 5.68. The van der Waals surface area contributed by atoms with Crippen LogP contribution >= 0.6 is 0 Å². The molecule has 0 saturated heterocycles. The predicted molar refractivity (Wildman–Crippen MR) is 328 cm³/mol. The number of aromatic nitrogens is 3. The Kier molecular flexibility index (Phi) is 27.1. The van der Waals surface area contributed by atoms with Gasteiger partial charge in [-0.25, -0.2) is 9.97 Å². The fourth-order valence-electron chi connectivity index (χ4n) is 11.3. The molecular weight excluding hydrogens is 999 g/mol. The molecule has 6 heterocycles. The number of aryl methyl sites for hydroxylation is 2. The number of pyridine rings is 1. The summed E-state index contributed by atoms with van der Waals surface area (Å²) in [5, 5.41) is 59.0. The molecule has 4 aliphatic heterocycles. The highest BCUT2D eigenvalue weighted by atomic mass is 16.5. The van der Waals surface area contributed by atoms with Gasteiger partial charge in [0, 0.05) is 42.8 Å². The molecule has 4 aromatic carbocycles. The van der Waals surface area contributed by atoms with E-state index in [0.717, 1.165) is 85.1 Å². The van der Waals surface area contributed by atoms with Crippen LogP contribution in [0.1, 0.15) is 191 Å². The zero-order valence-corrected chi connectivity index (χ0v) is 49.8. The summed E-state index contributed by atoms with van der Waals surface area (Å²) >= 11 is 0. The Hall–Kier alpha value is -6.69. The van der Waals surface area contributed by atoms with Crippen molar-refractivity contribution in [1.82, 2.24) is 15.0 Å². The number of benzene rings is 4. The van der Waals surface area contributed by atoms with Crippen LogP contribution in [0.25, 0.3) is 0 Å². The van der Waals surface area contributed by atoms with Gasteiger partial charge in [0.25, 0.3) is 0 Å². The fraction of sp³-hybridized carbons (Fsp3) is 0.515. The minimum atomic E-state index is -0.0509. The summed E-state index contributed by atoms with van der Waals surface area (Å²) in [6.45, 7) is 20.2. The summed E-state index contributed by atoms with van der Waals surface area (Å²) < 4.78 is 6.57. The number of phenolic OH excluding ortho intramolecular Hbond substituents is 4. The molecule has 7 N–H and O–H groups in total. The van der Waals surface area contributed by atoms with E-state index in [9.17, 15) is 15.3 Å². The van der Waals surface area contributed by atoms with Gasteiger partial charge in [-0.2, -0.15) is 0 Å². The number of para-hydroxylation sites is 1. The number of nitrogens with zero attached hydrogens (tertiary/aromatic N) is 4. The van der Waals surface area contributed by atoms with Crippen LogP contribution in [0.5, 0.6) is 40.2 Å². The third-order valence-corrected chi connectivity index (χ3v) is 16.2. The smallest absolute Gasteiger partial charge is 0.152 e. The lowest BCUT2D eigenvalue weighted by Gasteiger charge is -2.38. The second kappa shape index (κ2) is 33.8. The first-order valence-corrected chi connectivity index (χ1v) is 30.0. The molecule has 12 heteroatoms. The molecule has 0 spiro atoms. The Morgan fingerprint density at radius 2 is 1.05 bits per heavy atom. The average Bonchev–Trinajstić information content (AvgIpc) is 3.47. The number of unbranched alkanes of at least 4 members (excludes halogenated alkanes) is 13. The minimum absolute atomic E-state index is 0.0509. The Morgan fingerprint density at radius 3 is 1.54 bits per heavy atom. The lowest BCUT2D eigenvalue weighted by atomic mass is 9.84. The molecule has 1 atom stereocenters. The van der Waals surface area contributed by atoms with Gasteiger partial charge in [-0.05, 0) is 199 Å². The number of aromatic hydroxyl groups is 6. The van der Waals surface area contributed by atoms with Gasteiger partial charge >= 0.3 is 0 Å². The molecule has 0 saturated carbocycles.